The first-order chi connectivity index (χ1) is 12.2. The minimum Gasteiger partial charge on any atom is -0.352 e. The molecule has 10 heteroatoms. The lowest BCUT2D eigenvalue weighted by atomic mass is 10.0. The number of hydrogen-bond acceptors (Lipinski definition) is 3. The summed E-state index contributed by atoms with van der Waals surface area (Å²) in [5, 5.41) is 4.56. The van der Waals surface area contributed by atoms with E-state index in [0.717, 1.165) is 6.07 Å². The molecular formula is C16H14ClF3N4O2. The number of hydrogen-bond donors (Lipinski definition) is 3. The van der Waals surface area contributed by atoms with Crippen LogP contribution in [0.2, 0.25) is 5.02 Å². The molecule has 4 N–H and O–H groups in total. The Morgan fingerprint density at radius 1 is 1.27 bits per heavy atom. The molecule has 1 unspecified atom stereocenters. The Kier molecular flexibility index (Phi) is 6.04. The molecule has 0 bridgehead atoms. The maximum absolute atomic E-state index is 14.3. The maximum atomic E-state index is 14.3. The average Bonchev–Trinajstić information content (AvgIpc) is 2.56. The SMILES string of the molecule is Cc1cc(NC(=O)c2ccc(Cl)cn2)cc(C(NC(N)=O)C(F)F)c1F. The van der Waals surface area contributed by atoms with Gasteiger partial charge in [0.05, 0.1) is 5.02 Å². The van der Waals surface area contributed by atoms with E-state index in [1.165, 1.54) is 31.3 Å². The first kappa shape index (κ1) is 19.5. The van der Waals surface area contributed by atoms with Crippen LogP contribution in [0.15, 0.2) is 30.5 Å². The number of nitrogens with zero attached hydrogens (tertiary/aromatic N) is 1. The number of aromatic nitrogens is 1. The summed E-state index contributed by atoms with van der Waals surface area (Å²) in [4.78, 5) is 26.9. The molecule has 0 spiro atoms. The highest BCUT2D eigenvalue weighted by atomic mass is 35.5. The summed E-state index contributed by atoms with van der Waals surface area (Å²) >= 11 is 5.69. The van der Waals surface area contributed by atoms with Gasteiger partial charge in [-0.25, -0.2) is 22.9 Å². The zero-order valence-electron chi connectivity index (χ0n) is 13.4. The van der Waals surface area contributed by atoms with Gasteiger partial charge in [-0.15, -0.1) is 0 Å². The fourth-order valence-electron chi connectivity index (χ4n) is 2.23. The number of aryl methyl sites for hydroxylation is 1. The van der Waals surface area contributed by atoms with Gasteiger partial charge in [0.2, 0.25) is 0 Å². The van der Waals surface area contributed by atoms with Crippen molar-refractivity contribution in [3.63, 3.8) is 0 Å². The molecule has 2 rings (SSSR count). The fourth-order valence-corrected chi connectivity index (χ4v) is 2.34. The van der Waals surface area contributed by atoms with E-state index in [2.05, 4.69) is 10.3 Å². The van der Waals surface area contributed by atoms with Crippen molar-refractivity contribution in [2.45, 2.75) is 19.4 Å². The lowest BCUT2D eigenvalue weighted by Crippen LogP contribution is -2.37. The number of carbonyl (C=O) groups excluding carboxylic acids is 2. The number of nitrogens with two attached hydrogens (primary N) is 1. The molecule has 1 atom stereocenters. The number of halogens is 4. The third kappa shape index (κ3) is 4.63. The van der Waals surface area contributed by atoms with E-state index in [-0.39, 0.29) is 16.9 Å². The van der Waals surface area contributed by atoms with E-state index in [4.69, 9.17) is 17.3 Å². The van der Waals surface area contributed by atoms with Gasteiger partial charge < -0.3 is 16.4 Å². The number of rotatable bonds is 5. The summed E-state index contributed by atoms with van der Waals surface area (Å²) < 4.78 is 40.7. The van der Waals surface area contributed by atoms with E-state index in [1.807, 2.05) is 0 Å². The van der Waals surface area contributed by atoms with Crippen molar-refractivity contribution < 1.29 is 22.8 Å². The van der Waals surface area contributed by atoms with Crippen LogP contribution in [0.3, 0.4) is 0 Å². The second-order valence-electron chi connectivity index (χ2n) is 5.33. The molecule has 6 nitrogen and oxygen atoms in total. The molecule has 0 aliphatic heterocycles. The Morgan fingerprint density at radius 3 is 2.50 bits per heavy atom. The Hall–Kier alpha value is -2.81. The number of alkyl halides is 2. The van der Waals surface area contributed by atoms with Crippen LogP contribution in [0.25, 0.3) is 0 Å². The van der Waals surface area contributed by atoms with E-state index in [9.17, 15) is 22.8 Å². The predicted molar refractivity (Wildman–Crippen MR) is 89.8 cm³/mol. The van der Waals surface area contributed by atoms with Crippen molar-refractivity contribution in [1.82, 2.24) is 10.3 Å². The first-order valence-electron chi connectivity index (χ1n) is 7.26. The molecular weight excluding hydrogens is 373 g/mol. The molecule has 0 aliphatic carbocycles. The molecule has 138 valence electrons. The molecule has 26 heavy (non-hydrogen) atoms. The molecule has 0 radical (unpaired) electrons. The molecule has 0 saturated heterocycles. The van der Waals surface area contributed by atoms with Gasteiger partial charge in [0, 0.05) is 17.4 Å². The van der Waals surface area contributed by atoms with Crippen molar-refractivity contribution in [2.75, 3.05) is 5.32 Å². The third-order valence-corrected chi connectivity index (χ3v) is 3.61. The predicted octanol–water partition coefficient (Wildman–Crippen LogP) is 3.41. The maximum Gasteiger partial charge on any atom is 0.312 e. The molecule has 1 heterocycles. The van der Waals surface area contributed by atoms with Gasteiger partial charge in [0.1, 0.15) is 17.6 Å². The second kappa shape index (κ2) is 8.05. The Bertz CT molecular complexity index is 831. The van der Waals surface area contributed by atoms with Crippen molar-refractivity contribution >= 4 is 29.2 Å². The van der Waals surface area contributed by atoms with Crippen molar-refractivity contribution in [3.8, 4) is 0 Å². The summed E-state index contributed by atoms with van der Waals surface area (Å²) in [5.41, 5.74) is 4.45. The number of pyridine rings is 1. The number of primary amides is 1. The third-order valence-electron chi connectivity index (χ3n) is 3.39. The Balaban J connectivity index is 2.35. The first-order valence-corrected chi connectivity index (χ1v) is 7.64. The standard InChI is InChI=1S/C16H14ClF3N4O2/c1-7-4-9(23-15(25)11-3-2-8(17)6-22-11)5-10(12(7)18)13(14(19)20)24-16(21)26/h2-6,13-14H,1H3,(H,23,25)(H3,21,24,26). The molecule has 0 fully saturated rings. The van der Waals surface area contributed by atoms with Crippen molar-refractivity contribution in [2.24, 2.45) is 5.73 Å². The van der Waals surface area contributed by atoms with Crippen LogP contribution in [0.5, 0.6) is 0 Å². The van der Waals surface area contributed by atoms with Gasteiger partial charge >= 0.3 is 6.03 Å². The lowest BCUT2D eigenvalue weighted by molar-refractivity contribution is 0.101. The van der Waals surface area contributed by atoms with E-state index < -0.39 is 35.8 Å². The summed E-state index contributed by atoms with van der Waals surface area (Å²) in [6.07, 6.45) is -1.85. The van der Waals surface area contributed by atoms with Gasteiger partial charge in [0.15, 0.2) is 0 Å². The van der Waals surface area contributed by atoms with Crippen molar-refractivity contribution in [1.29, 1.82) is 0 Å². The minimum atomic E-state index is -3.11. The van der Waals surface area contributed by atoms with Crippen LogP contribution in [-0.4, -0.2) is 23.3 Å². The molecule has 3 amide bonds. The summed E-state index contributed by atoms with van der Waals surface area (Å²) in [5.74, 6) is -1.58. The molecule has 1 aromatic heterocycles. The molecule has 1 aromatic carbocycles. The zero-order chi connectivity index (χ0) is 19.4. The van der Waals surface area contributed by atoms with E-state index >= 15 is 0 Å². The molecule has 0 saturated carbocycles. The van der Waals surface area contributed by atoms with Crippen LogP contribution in [0.4, 0.5) is 23.7 Å². The number of anilines is 1. The summed E-state index contributed by atoms with van der Waals surface area (Å²) in [6, 6.07) is 1.89. The van der Waals surface area contributed by atoms with Crippen LogP contribution >= 0.6 is 11.6 Å². The smallest absolute Gasteiger partial charge is 0.312 e. The largest absolute Gasteiger partial charge is 0.352 e. The van der Waals surface area contributed by atoms with E-state index in [1.54, 1.807) is 5.32 Å². The number of amides is 3. The van der Waals surface area contributed by atoms with Crippen LogP contribution in [-0.2, 0) is 0 Å². The second-order valence-corrected chi connectivity index (χ2v) is 5.77. The topological polar surface area (TPSA) is 97.1 Å². The molecule has 0 aliphatic rings. The van der Waals surface area contributed by atoms with Gasteiger partial charge in [-0.2, -0.15) is 0 Å². The quantitative estimate of drug-likeness (QED) is 0.734. The van der Waals surface area contributed by atoms with Crippen LogP contribution in [0, 0.1) is 12.7 Å². The average molecular weight is 387 g/mol. The van der Waals surface area contributed by atoms with Crippen LogP contribution < -0.4 is 16.4 Å². The monoisotopic (exact) mass is 386 g/mol. The van der Waals surface area contributed by atoms with Gasteiger partial charge in [-0.05, 0) is 36.8 Å². The number of nitrogens with one attached hydrogen (secondary N) is 2. The summed E-state index contributed by atoms with van der Waals surface area (Å²) in [6.45, 7) is 1.34. The number of urea groups is 1. The van der Waals surface area contributed by atoms with Gasteiger partial charge in [-0.1, -0.05) is 11.6 Å². The number of benzene rings is 1. The highest BCUT2D eigenvalue weighted by molar-refractivity contribution is 6.30. The highest BCUT2D eigenvalue weighted by Crippen LogP contribution is 2.28. The van der Waals surface area contributed by atoms with Crippen molar-refractivity contribution in [3.05, 3.63) is 58.1 Å². The summed E-state index contributed by atoms with van der Waals surface area (Å²) in [7, 11) is 0. The van der Waals surface area contributed by atoms with Crippen LogP contribution in [0.1, 0.15) is 27.7 Å². The Morgan fingerprint density at radius 2 is 1.96 bits per heavy atom. The zero-order valence-corrected chi connectivity index (χ0v) is 14.2. The lowest BCUT2D eigenvalue weighted by Gasteiger charge is -2.20. The highest BCUT2D eigenvalue weighted by Gasteiger charge is 2.28. The minimum absolute atomic E-state index is 0.00112. The Labute approximate surface area is 151 Å². The number of carbonyl (C=O) groups is 2. The fraction of sp³-hybridized carbons (Fsp3) is 0.188. The molecule has 2 aromatic rings. The van der Waals surface area contributed by atoms with Gasteiger partial charge in [0.25, 0.3) is 12.3 Å². The normalized spacial score (nSPS) is 11.9. The van der Waals surface area contributed by atoms with E-state index in [0.29, 0.717) is 5.02 Å². The van der Waals surface area contributed by atoms with Gasteiger partial charge in [-0.3, -0.25) is 4.79 Å².